The second-order valence-corrected chi connectivity index (χ2v) is 7.83. The van der Waals surface area contributed by atoms with Crippen molar-refractivity contribution in [2.24, 2.45) is 0 Å². The van der Waals surface area contributed by atoms with Gasteiger partial charge in [-0.1, -0.05) is 47.5 Å². The number of hydrogen-bond acceptors (Lipinski definition) is 3. The van der Waals surface area contributed by atoms with Crippen molar-refractivity contribution < 1.29 is 9.53 Å². The number of hydrogen-bond donors (Lipinski definition) is 1. The predicted octanol–water partition coefficient (Wildman–Crippen LogP) is 4.97. The molecule has 0 aliphatic heterocycles. The van der Waals surface area contributed by atoms with Gasteiger partial charge in [-0.15, -0.1) is 0 Å². The third-order valence-electron chi connectivity index (χ3n) is 5.37. The first-order chi connectivity index (χ1) is 15.0. The lowest BCUT2D eigenvalue weighted by molar-refractivity contribution is 0.0949. The van der Waals surface area contributed by atoms with Gasteiger partial charge in [0.05, 0.1) is 24.1 Å². The van der Waals surface area contributed by atoms with Crippen molar-refractivity contribution >= 4 is 16.9 Å². The summed E-state index contributed by atoms with van der Waals surface area (Å²) >= 11 is 0. The van der Waals surface area contributed by atoms with E-state index in [4.69, 9.17) is 9.72 Å². The van der Waals surface area contributed by atoms with Gasteiger partial charge in [0.15, 0.2) is 0 Å². The lowest BCUT2D eigenvalue weighted by Gasteiger charge is -2.12. The molecule has 1 N–H and O–H groups in total. The first kappa shape index (κ1) is 20.7. The smallest absolute Gasteiger partial charge is 0.251 e. The van der Waals surface area contributed by atoms with E-state index < -0.39 is 0 Å². The van der Waals surface area contributed by atoms with Crippen LogP contribution in [0.25, 0.3) is 11.0 Å². The van der Waals surface area contributed by atoms with E-state index in [0.717, 1.165) is 33.7 Å². The third-order valence-corrected chi connectivity index (χ3v) is 5.37. The minimum atomic E-state index is -0.0907. The fourth-order valence-electron chi connectivity index (χ4n) is 3.72. The number of ether oxygens (including phenoxy) is 1. The Morgan fingerprint density at radius 2 is 1.71 bits per heavy atom. The molecule has 158 valence electrons. The normalized spacial score (nSPS) is 10.9. The lowest BCUT2D eigenvalue weighted by atomic mass is 10.1. The van der Waals surface area contributed by atoms with E-state index in [1.807, 2.05) is 80.6 Å². The van der Waals surface area contributed by atoms with Crippen molar-refractivity contribution in [3.8, 4) is 5.75 Å². The van der Waals surface area contributed by atoms with Gasteiger partial charge in [-0.05, 0) is 56.7 Å². The first-order valence-corrected chi connectivity index (χ1v) is 10.5. The maximum Gasteiger partial charge on any atom is 0.251 e. The van der Waals surface area contributed by atoms with E-state index in [9.17, 15) is 4.79 Å². The van der Waals surface area contributed by atoms with Gasteiger partial charge in [-0.25, -0.2) is 4.98 Å². The molecule has 5 heteroatoms. The molecular weight excluding hydrogens is 386 g/mol. The van der Waals surface area contributed by atoms with Crippen LogP contribution in [0.5, 0.6) is 5.75 Å². The molecule has 0 spiro atoms. The van der Waals surface area contributed by atoms with Crippen LogP contribution < -0.4 is 10.1 Å². The maximum absolute atomic E-state index is 12.7. The number of imidazole rings is 1. The number of benzene rings is 3. The number of para-hydroxylation sites is 2. The van der Waals surface area contributed by atoms with Gasteiger partial charge in [-0.2, -0.15) is 0 Å². The lowest BCUT2D eigenvalue weighted by Crippen LogP contribution is -2.26. The summed E-state index contributed by atoms with van der Waals surface area (Å²) in [6.07, 6.45) is 0. The molecule has 0 bridgehead atoms. The Balaban J connectivity index is 1.49. The van der Waals surface area contributed by atoms with Crippen molar-refractivity contribution in [2.45, 2.75) is 33.9 Å². The van der Waals surface area contributed by atoms with E-state index in [2.05, 4.69) is 16.8 Å². The van der Waals surface area contributed by atoms with Crippen LogP contribution in [0.3, 0.4) is 0 Å². The molecule has 0 saturated carbocycles. The van der Waals surface area contributed by atoms with Gasteiger partial charge >= 0.3 is 0 Å². The second kappa shape index (κ2) is 9.04. The molecule has 0 fully saturated rings. The zero-order valence-electron chi connectivity index (χ0n) is 18.2. The van der Waals surface area contributed by atoms with E-state index in [-0.39, 0.29) is 5.91 Å². The van der Waals surface area contributed by atoms with E-state index >= 15 is 0 Å². The van der Waals surface area contributed by atoms with Crippen LogP contribution in [0, 0.1) is 20.8 Å². The number of aromatic nitrogens is 2. The van der Waals surface area contributed by atoms with Crippen molar-refractivity contribution in [1.82, 2.24) is 14.9 Å². The molecule has 0 atom stereocenters. The second-order valence-electron chi connectivity index (χ2n) is 7.83. The molecule has 4 rings (SSSR count). The topological polar surface area (TPSA) is 56.1 Å². The molecular formula is C26H27N3O2. The number of rotatable bonds is 7. The minimum absolute atomic E-state index is 0.0907. The monoisotopic (exact) mass is 413 g/mol. The quantitative estimate of drug-likeness (QED) is 0.465. The average molecular weight is 414 g/mol. The summed E-state index contributed by atoms with van der Waals surface area (Å²) in [5.41, 5.74) is 5.95. The molecule has 1 aromatic heterocycles. The maximum atomic E-state index is 12.7. The van der Waals surface area contributed by atoms with Crippen LogP contribution >= 0.6 is 0 Å². The Hall–Kier alpha value is -3.60. The SMILES string of the molecule is Cc1ccc(OCCn2c(CNC(=O)c3ccc(C)cc3C)nc3ccccc32)cc1. The van der Waals surface area contributed by atoms with Gasteiger partial charge in [0.25, 0.3) is 5.91 Å². The molecule has 4 aromatic rings. The van der Waals surface area contributed by atoms with E-state index in [1.165, 1.54) is 5.56 Å². The molecule has 0 aliphatic rings. The molecule has 0 radical (unpaired) electrons. The van der Waals surface area contributed by atoms with Crippen LogP contribution in [0.2, 0.25) is 0 Å². The van der Waals surface area contributed by atoms with Crippen LogP contribution in [-0.2, 0) is 13.1 Å². The van der Waals surface area contributed by atoms with Crippen LogP contribution in [0.15, 0.2) is 66.7 Å². The number of nitrogens with one attached hydrogen (secondary N) is 1. The summed E-state index contributed by atoms with van der Waals surface area (Å²) < 4.78 is 8.04. The largest absolute Gasteiger partial charge is 0.492 e. The van der Waals surface area contributed by atoms with Crippen LogP contribution in [-0.4, -0.2) is 22.1 Å². The molecule has 3 aromatic carbocycles. The predicted molar refractivity (Wildman–Crippen MR) is 123 cm³/mol. The average Bonchev–Trinajstić information content (AvgIpc) is 3.11. The Labute approximate surface area is 182 Å². The molecule has 31 heavy (non-hydrogen) atoms. The Bertz CT molecular complexity index is 1210. The van der Waals surface area contributed by atoms with Gasteiger partial charge in [0.1, 0.15) is 18.2 Å². The van der Waals surface area contributed by atoms with Crippen LogP contribution in [0.1, 0.15) is 32.9 Å². The fraction of sp³-hybridized carbons (Fsp3) is 0.231. The summed E-state index contributed by atoms with van der Waals surface area (Å²) in [4.78, 5) is 17.5. The first-order valence-electron chi connectivity index (χ1n) is 10.5. The van der Waals surface area contributed by atoms with Crippen LogP contribution in [0.4, 0.5) is 0 Å². The highest BCUT2D eigenvalue weighted by Crippen LogP contribution is 2.18. The minimum Gasteiger partial charge on any atom is -0.492 e. The Morgan fingerprint density at radius 3 is 2.48 bits per heavy atom. The highest BCUT2D eigenvalue weighted by atomic mass is 16.5. The van der Waals surface area contributed by atoms with E-state index in [1.54, 1.807) is 0 Å². The number of nitrogens with zero attached hydrogens (tertiary/aromatic N) is 2. The van der Waals surface area contributed by atoms with Gasteiger partial charge < -0.3 is 14.6 Å². The summed E-state index contributed by atoms with van der Waals surface area (Å²) in [6.45, 7) is 7.55. The Morgan fingerprint density at radius 1 is 0.968 bits per heavy atom. The molecule has 0 unspecified atom stereocenters. The van der Waals surface area contributed by atoms with E-state index in [0.29, 0.717) is 25.3 Å². The summed E-state index contributed by atoms with van der Waals surface area (Å²) in [5.74, 6) is 1.57. The number of fused-ring (bicyclic) bond motifs is 1. The van der Waals surface area contributed by atoms with Gasteiger partial charge in [0.2, 0.25) is 0 Å². The highest BCUT2D eigenvalue weighted by Gasteiger charge is 2.14. The van der Waals surface area contributed by atoms with Crippen molar-refractivity contribution in [1.29, 1.82) is 0 Å². The molecule has 0 aliphatic carbocycles. The standard InChI is InChI=1S/C26H27N3O2/c1-18-8-11-21(12-9-18)31-15-14-29-24-7-5-4-6-23(24)28-25(29)17-27-26(30)22-13-10-19(2)16-20(22)3/h4-13,16H,14-15,17H2,1-3H3,(H,27,30). The van der Waals surface area contributed by atoms with Crippen molar-refractivity contribution in [3.63, 3.8) is 0 Å². The number of carbonyl (C=O) groups excluding carboxylic acids is 1. The summed E-state index contributed by atoms with van der Waals surface area (Å²) in [7, 11) is 0. The van der Waals surface area contributed by atoms with Crippen molar-refractivity contribution in [2.75, 3.05) is 6.61 Å². The molecule has 0 saturated heterocycles. The third kappa shape index (κ3) is 4.77. The Kier molecular flexibility index (Phi) is 6.03. The van der Waals surface area contributed by atoms with Gasteiger partial charge in [0, 0.05) is 5.56 Å². The zero-order chi connectivity index (χ0) is 21.8. The van der Waals surface area contributed by atoms with Crippen molar-refractivity contribution in [3.05, 3.63) is 94.8 Å². The fourth-order valence-corrected chi connectivity index (χ4v) is 3.72. The number of carbonyl (C=O) groups is 1. The molecule has 5 nitrogen and oxygen atoms in total. The molecule has 1 heterocycles. The molecule has 1 amide bonds. The summed E-state index contributed by atoms with van der Waals surface area (Å²) in [5, 5.41) is 3.03. The van der Waals surface area contributed by atoms with Gasteiger partial charge in [-0.3, -0.25) is 4.79 Å². The summed E-state index contributed by atoms with van der Waals surface area (Å²) in [6, 6.07) is 21.9. The highest BCUT2D eigenvalue weighted by molar-refractivity contribution is 5.95. The number of amides is 1. The zero-order valence-corrected chi connectivity index (χ0v) is 18.2. The number of aryl methyl sites for hydroxylation is 3.